The summed E-state index contributed by atoms with van der Waals surface area (Å²) in [6.45, 7) is 3.49. The van der Waals surface area contributed by atoms with Gasteiger partial charge in [-0.2, -0.15) is 0 Å². The highest BCUT2D eigenvalue weighted by molar-refractivity contribution is 7.09. The first-order valence-corrected chi connectivity index (χ1v) is 8.70. The lowest BCUT2D eigenvalue weighted by Crippen LogP contribution is -2.49. The number of likely N-dealkylation sites (tertiary alicyclic amines) is 1. The number of amides is 1. The molecule has 2 saturated heterocycles. The van der Waals surface area contributed by atoms with Gasteiger partial charge in [-0.15, -0.1) is 11.3 Å². The topological polar surface area (TPSA) is 41.6 Å². The lowest BCUT2D eigenvalue weighted by Gasteiger charge is -2.41. The molecule has 0 aliphatic carbocycles. The number of thiophene rings is 1. The smallest absolute Gasteiger partial charge is 0.225 e. The molecule has 0 spiro atoms. The molecule has 4 nitrogen and oxygen atoms in total. The van der Waals surface area contributed by atoms with E-state index in [-0.39, 0.29) is 11.8 Å². The molecule has 3 heterocycles. The number of hydrogen-bond acceptors (Lipinski definition) is 4. The summed E-state index contributed by atoms with van der Waals surface area (Å²) >= 11 is 1.74. The summed E-state index contributed by atoms with van der Waals surface area (Å²) in [5.74, 6) is 0.713. The second-order valence-electron chi connectivity index (χ2n) is 6.24. The summed E-state index contributed by atoms with van der Waals surface area (Å²) in [6.07, 6.45) is 3.37. The maximum Gasteiger partial charge on any atom is 0.225 e. The molecule has 0 bridgehead atoms. The minimum atomic E-state index is 0.0288. The van der Waals surface area contributed by atoms with Gasteiger partial charge in [0.2, 0.25) is 5.91 Å². The summed E-state index contributed by atoms with van der Waals surface area (Å²) in [4.78, 5) is 16.0. The SMILES string of the molecule is CN1CC[C@@H]2OC[C@H](C(=O)NCCc3cccs3)C[C@@H]2C1. The standard InChI is InChI=1S/C16H24N2O2S/c1-18-7-5-15-12(10-18)9-13(11-20-15)16(19)17-6-4-14-3-2-8-21-14/h2-3,8,12-13,15H,4-7,9-11H2,1H3,(H,17,19)/t12-,13-,15+/m1/s1. The molecule has 5 heteroatoms. The van der Waals surface area contributed by atoms with E-state index < -0.39 is 0 Å². The third-order valence-electron chi connectivity index (χ3n) is 4.59. The van der Waals surface area contributed by atoms with Crippen molar-refractivity contribution in [3.63, 3.8) is 0 Å². The number of carbonyl (C=O) groups excluding carboxylic acids is 1. The van der Waals surface area contributed by atoms with Gasteiger partial charge in [0.15, 0.2) is 0 Å². The molecule has 2 aliphatic heterocycles. The molecular weight excluding hydrogens is 284 g/mol. The van der Waals surface area contributed by atoms with E-state index >= 15 is 0 Å². The van der Waals surface area contributed by atoms with Crippen molar-refractivity contribution in [3.05, 3.63) is 22.4 Å². The predicted octanol–water partition coefficient (Wildman–Crippen LogP) is 1.76. The Balaban J connectivity index is 1.44. The maximum atomic E-state index is 12.3. The number of fused-ring (bicyclic) bond motifs is 1. The summed E-state index contributed by atoms with van der Waals surface area (Å²) in [5.41, 5.74) is 0. The Morgan fingerprint density at radius 3 is 3.29 bits per heavy atom. The molecule has 0 saturated carbocycles. The fourth-order valence-corrected chi connectivity index (χ4v) is 4.11. The normalized spacial score (nSPS) is 29.9. The highest BCUT2D eigenvalue weighted by Gasteiger charge is 2.37. The third kappa shape index (κ3) is 3.84. The Labute approximate surface area is 130 Å². The van der Waals surface area contributed by atoms with E-state index in [1.165, 1.54) is 4.88 Å². The molecular formula is C16H24N2O2S. The van der Waals surface area contributed by atoms with Crippen LogP contribution in [0.3, 0.4) is 0 Å². The summed E-state index contributed by atoms with van der Waals surface area (Å²) in [5, 5.41) is 5.15. The van der Waals surface area contributed by atoms with Crippen molar-refractivity contribution < 1.29 is 9.53 Å². The molecule has 2 fully saturated rings. The molecule has 0 unspecified atom stereocenters. The summed E-state index contributed by atoms with van der Waals surface area (Å²) in [6, 6.07) is 4.17. The summed E-state index contributed by atoms with van der Waals surface area (Å²) < 4.78 is 5.93. The first-order valence-electron chi connectivity index (χ1n) is 7.82. The molecule has 1 amide bonds. The quantitative estimate of drug-likeness (QED) is 0.921. The molecule has 0 radical (unpaired) electrons. The van der Waals surface area contributed by atoms with Crippen molar-refractivity contribution in [2.45, 2.75) is 25.4 Å². The van der Waals surface area contributed by atoms with Crippen LogP contribution in [0, 0.1) is 11.8 Å². The van der Waals surface area contributed by atoms with E-state index in [1.54, 1.807) is 11.3 Å². The average molecular weight is 308 g/mol. The first-order chi connectivity index (χ1) is 10.2. The highest BCUT2D eigenvalue weighted by Crippen LogP contribution is 2.30. The maximum absolute atomic E-state index is 12.3. The van der Waals surface area contributed by atoms with Crippen LogP contribution >= 0.6 is 11.3 Å². The second kappa shape index (κ2) is 6.90. The zero-order chi connectivity index (χ0) is 14.7. The third-order valence-corrected chi connectivity index (χ3v) is 5.52. The fourth-order valence-electron chi connectivity index (χ4n) is 3.40. The van der Waals surface area contributed by atoms with Crippen LogP contribution in [0.15, 0.2) is 17.5 Å². The zero-order valence-electron chi connectivity index (χ0n) is 12.6. The first kappa shape index (κ1) is 15.0. The zero-order valence-corrected chi connectivity index (χ0v) is 13.4. The van der Waals surface area contributed by atoms with Crippen LogP contribution in [0.2, 0.25) is 0 Å². The van der Waals surface area contributed by atoms with E-state index in [4.69, 9.17) is 4.74 Å². The van der Waals surface area contributed by atoms with Gasteiger partial charge in [-0.3, -0.25) is 4.79 Å². The highest BCUT2D eigenvalue weighted by atomic mass is 32.1. The van der Waals surface area contributed by atoms with Crippen LogP contribution < -0.4 is 5.32 Å². The number of carbonyl (C=O) groups is 1. The minimum Gasteiger partial charge on any atom is -0.377 e. The van der Waals surface area contributed by atoms with Crippen molar-refractivity contribution in [2.75, 3.05) is 33.3 Å². The van der Waals surface area contributed by atoms with Gasteiger partial charge in [0.1, 0.15) is 0 Å². The van der Waals surface area contributed by atoms with E-state index in [2.05, 4.69) is 34.8 Å². The van der Waals surface area contributed by atoms with Crippen LogP contribution in [0.25, 0.3) is 0 Å². The van der Waals surface area contributed by atoms with Gasteiger partial charge in [-0.25, -0.2) is 0 Å². The predicted molar refractivity (Wildman–Crippen MR) is 84.5 cm³/mol. The Morgan fingerprint density at radius 2 is 2.48 bits per heavy atom. The van der Waals surface area contributed by atoms with Gasteiger partial charge in [0.05, 0.1) is 18.6 Å². The molecule has 1 N–H and O–H groups in total. The average Bonchev–Trinajstić information content (AvgIpc) is 2.99. The van der Waals surface area contributed by atoms with Crippen LogP contribution in [0.4, 0.5) is 0 Å². The number of ether oxygens (including phenoxy) is 1. The van der Waals surface area contributed by atoms with Crippen LogP contribution in [0.5, 0.6) is 0 Å². The van der Waals surface area contributed by atoms with Crippen molar-refractivity contribution in [3.8, 4) is 0 Å². The Hall–Kier alpha value is -0.910. The van der Waals surface area contributed by atoms with E-state index in [0.717, 1.165) is 38.9 Å². The monoisotopic (exact) mass is 308 g/mol. The lowest BCUT2D eigenvalue weighted by molar-refractivity contribution is -0.138. The fraction of sp³-hybridized carbons (Fsp3) is 0.688. The lowest BCUT2D eigenvalue weighted by atomic mass is 9.83. The number of nitrogens with one attached hydrogen (secondary N) is 1. The van der Waals surface area contributed by atoms with Gasteiger partial charge < -0.3 is 15.0 Å². The van der Waals surface area contributed by atoms with Crippen molar-refractivity contribution in [1.29, 1.82) is 0 Å². The number of rotatable bonds is 4. The molecule has 116 valence electrons. The molecule has 21 heavy (non-hydrogen) atoms. The molecule has 3 rings (SSSR count). The Bertz CT molecular complexity index is 463. The molecule has 0 aromatic carbocycles. The van der Waals surface area contributed by atoms with Gasteiger partial charge in [0, 0.05) is 24.5 Å². The van der Waals surface area contributed by atoms with Crippen LogP contribution in [-0.2, 0) is 16.0 Å². The number of nitrogens with zero attached hydrogens (tertiary/aromatic N) is 1. The van der Waals surface area contributed by atoms with E-state index in [1.807, 2.05) is 0 Å². The van der Waals surface area contributed by atoms with Gasteiger partial charge in [-0.1, -0.05) is 6.07 Å². The van der Waals surface area contributed by atoms with Crippen molar-refractivity contribution in [2.24, 2.45) is 11.8 Å². The second-order valence-corrected chi connectivity index (χ2v) is 7.27. The summed E-state index contributed by atoms with van der Waals surface area (Å²) in [7, 11) is 2.15. The minimum absolute atomic E-state index is 0.0288. The number of piperidine rings is 1. The number of hydrogen-bond donors (Lipinski definition) is 1. The largest absolute Gasteiger partial charge is 0.377 e. The van der Waals surface area contributed by atoms with Gasteiger partial charge in [-0.05, 0) is 43.7 Å². The van der Waals surface area contributed by atoms with E-state index in [9.17, 15) is 4.79 Å². The van der Waals surface area contributed by atoms with Crippen LogP contribution in [0.1, 0.15) is 17.7 Å². The molecule has 1 aromatic heterocycles. The Kier molecular flexibility index (Phi) is 4.93. The van der Waals surface area contributed by atoms with Crippen LogP contribution in [-0.4, -0.2) is 50.2 Å². The molecule has 1 aromatic rings. The Morgan fingerprint density at radius 1 is 1.57 bits per heavy atom. The van der Waals surface area contributed by atoms with Crippen molar-refractivity contribution in [1.82, 2.24) is 10.2 Å². The molecule has 3 atom stereocenters. The van der Waals surface area contributed by atoms with Gasteiger partial charge in [0.25, 0.3) is 0 Å². The van der Waals surface area contributed by atoms with Crippen molar-refractivity contribution >= 4 is 17.2 Å². The van der Waals surface area contributed by atoms with E-state index in [0.29, 0.717) is 18.6 Å². The molecule has 2 aliphatic rings. The van der Waals surface area contributed by atoms with Gasteiger partial charge >= 0.3 is 0 Å².